The Morgan fingerprint density at radius 1 is 1.26 bits per heavy atom. The Bertz CT molecular complexity index is 592. The minimum absolute atomic E-state index is 0. The van der Waals surface area contributed by atoms with E-state index < -0.39 is 0 Å². The van der Waals surface area contributed by atoms with Gasteiger partial charge in [-0.1, -0.05) is 19.1 Å². The molecule has 1 amide bonds. The molecule has 1 atom stereocenters. The predicted molar refractivity (Wildman–Crippen MR) is 121 cm³/mol. The molecule has 6 nitrogen and oxygen atoms in total. The van der Waals surface area contributed by atoms with Crippen LogP contribution in [0.2, 0.25) is 0 Å². The first-order valence-electron chi connectivity index (χ1n) is 9.47. The molecule has 1 saturated heterocycles. The smallest absolute Gasteiger partial charge is 0.224 e. The molecule has 0 saturated carbocycles. The number of carbonyl (C=O) groups is 1. The molecular weight excluding hydrogens is 455 g/mol. The van der Waals surface area contributed by atoms with Crippen molar-refractivity contribution in [1.82, 2.24) is 15.5 Å². The lowest BCUT2D eigenvalue weighted by Gasteiger charge is -2.31. The molecule has 1 aliphatic heterocycles. The highest BCUT2D eigenvalue weighted by atomic mass is 127. The van der Waals surface area contributed by atoms with Crippen LogP contribution in [0.15, 0.2) is 29.3 Å². The molecule has 1 unspecified atom stereocenters. The van der Waals surface area contributed by atoms with Gasteiger partial charge in [0.15, 0.2) is 5.96 Å². The molecule has 0 spiro atoms. The summed E-state index contributed by atoms with van der Waals surface area (Å²) in [6, 6.07) is 8.06. The van der Waals surface area contributed by atoms with E-state index in [0.717, 1.165) is 44.2 Å². The number of carbonyl (C=O) groups excluding carboxylic acids is 1. The quantitative estimate of drug-likeness (QED) is 0.352. The lowest BCUT2D eigenvalue weighted by atomic mass is 10.00. The van der Waals surface area contributed by atoms with E-state index in [9.17, 15) is 4.79 Å². The van der Waals surface area contributed by atoms with Gasteiger partial charge in [0, 0.05) is 39.6 Å². The van der Waals surface area contributed by atoms with Crippen molar-refractivity contribution in [3.8, 4) is 5.75 Å². The summed E-state index contributed by atoms with van der Waals surface area (Å²) in [6.45, 7) is 5.40. The van der Waals surface area contributed by atoms with E-state index in [1.165, 1.54) is 12.0 Å². The second-order valence-electron chi connectivity index (χ2n) is 6.86. The van der Waals surface area contributed by atoms with Gasteiger partial charge in [0.25, 0.3) is 0 Å². The summed E-state index contributed by atoms with van der Waals surface area (Å²) in [5.41, 5.74) is 1.24. The molecule has 0 aliphatic carbocycles. The molecule has 2 rings (SSSR count). The summed E-state index contributed by atoms with van der Waals surface area (Å²) in [5, 5.41) is 6.52. The number of amides is 1. The number of nitrogens with zero attached hydrogens (tertiary/aromatic N) is 2. The Morgan fingerprint density at radius 2 is 1.96 bits per heavy atom. The van der Waals surface area contributed by atoms with Crippen LogP contribution in [-0.2, 0) is 11.2 Å². The normalized spacial score (nSPS) is 17.1. The van der Waals surface area contributed by atoms with E-state index in [1.807, 2.05) is 17.0 Å². The molecule has 0 aromatic heterocycles. The first-order valence-corrected chi connectivity index (χ1v) is 9.47. The Balaban J connectivity index is 0.00000364. The third-order valence-corrected chi connectivity index (χ3v) is 4.73. The molecule has 7 heteroatoms. The van der Waals surface area contributed by atoms with Crippen molar-refractivity contribution in [3.05, 3.63) is 29.8 Å². The first kappa shape index (κ1) is 23.5. The van der Waals surface area contributed by atoms with Gasteiger partial charge in [-0.2, -0.15) is 0 Å². The van der Waals surface area contributed by atoms with Crippen LogP contribution in [0, 0.1) is 5.92 Å². The van der Waals surface area contributed by atoms with Gasteiger partial charge >= 0.3 is 0 Å². The average Bonchev–Trinajstić information content (AvgIpc) is 2.67. The van der Waals surface area contributed by atoms with E-state index in [4.69, 9.17) is 4.74 Å². The van der Waals surface area contributed by atoms with Crippen LogP contribution < -0.4 is 15.4 Å². The van der Waals surface area contributed by atoms with Gasteiger partial charge in [-0.05, 0) is 42.9 Å². The SMILES string of the molecule is CN=C(NCCC(=O)N1CCCC(C)C1)NCCc1ccc(OC)cc1.I. The standard InChI is InChI=1S/C20H32N4O2.HI/c1-16-5-4-14-24(15-16)19(25)11-13-23-20(21-2)22-12-10-17-6-8-18(26-3)9-7-17;/h6-9,16H,4-5,10-15H2,1-3H3,(H2,21,22,23);1H. The number of piperidine rings is 1. The molecule has 1 aliphatic rings. The third-order valence-electron chi connectivity index (χ3n) is 4.73. The Hall–Kier alpha value is -1.51. The fraction of sp³-hybridized carbons (Fsp3) is 0.600. The van der Waals surface area contributed by atoms with Crippen LogP contribution in [-0.4, -0.2) is 57.1 Å². The molecule has 1 aromatic rings. The number of benzene rings is 1. The number of nitrogens with one attached hydrogen (secondary N) is 2. The molecule has 152 valence electrons. The van der Waals surface area contributed by atoms with Crippen LogP contribution in [0.1, 0.15) is 31.7 Å². The predicted octanol–water partition coefficient (Wildman–Crippen LogP) is 2.67. The lowest BCUT2D eigenvalue weighted by Crippen LogP contribution is -2.42. The van der Waals surface area contributed by atoms with Gasteiger partial charge in [-0.25, -0.2) is 0 Å². The van der Waals surface area contributed by atoms with Crippen LogP contribution >= 0.6 is 24.0 Å². The molecule has 1 heterocycles. The summed E-state index contributed by atoms with van der Waals surface area (Å²) < 4.78 is 5.17. The lowest BCUT2D eigenvalue weighted by molar-refractivity contribution is -0.132. The van der Waals surface area contributed by atoms with Crippen molar-refractivity contribution in [2.24, 2.45) is 10.9 Å². The zero-order valence-electron chi connectivity index (χ0n) is 16.7. The number of halogens is 1. The first-order chi connectivity index (χ1) is 12.6. The maximum atomic E-state index is 12.3. The summed E-state index contributed by atoms with van der Waals surface area (Å²) in [5.74, 6) is 2.45. The van der Waals surface area contributed by atoms with Crippen LogP contribution in [0.4, 0.5) is 0 Å². The van der Waals surface area contributed by atoms with Crippen LogP contribution in [0.25, 0.3) is 0 Å². The van der Waals surface area contributed by atoms with Gasteiger partial charge in [-0.3, -0.25) is 9.79 Å². The Kier molecular flexibility index (Phi) is 11.2. The van der Waals surface area contributed by atoms with Crippen molar-refractivity contribution in [3.63, 3.8) is 0 Å². The zero-order chi connectivity index (χ0) is 18.8. The van der Waals surface area contributed by atoms with Gasteiger partial charge in [0.2, 0.25) is 5.91 Å². The zero-order valence-corrected chi connectivity index (χ0v) is 19.0. The highest BCUT2D eigenvalue weighted by molar-refractivity contribution is 14.0. The van der Waals surface area contributed by atoms with Gasteiger partial charge in [-0.15, -0.1) is 24.0 Å². The Morgan fingerprint density at radius 3 is 2.59 bits per heavy atom. The molecule has 2 N–H and O–H groups in total. The maximum absolute atomic E-state index is 12.3. The fourth-order valence-corrected chi connectivity index (χ4v) is 3.20. The average molecular weight is 488 g/mol. The second kappa shape index (κ2) is 12.8. The van der Waals surface area contributed by atoms with Crippen molar-refractivity contribution in [2.75, 3.05) is 40.3 Å². The summed E-state index contributed by atoms with van der Waals surface area (Å²) >= 11 is 0. The summed E-state index contributed by atoms with van der Waals surface area (Å²) in [7, 11) is 3.42. The highest BCUT2D eigenvalue weighted by Gasteiger charge is 2.20. The third kappa shape index (κ3) is 8.36. The number of hydrogen-bond donors (Lipinski definition) is 2. The van der Waals surface area contributed by atoms with E-state index in [1.54, 1.807) is 14.2 Å². The Labute approximate surface area is 180 Å². The number of methoxy groups -OCH3 is 1. The minimum Gasteiger partial charge on any atom is -0.497 e. The van der Waals surface area contributed by atoms with Crippen molar-refractivity contribution in [1.29, 1.82) is 0 Å². The second-order valence-corrected chi connectivity index (χ2v) is 6.86. The van der Waals surface area contributed by atoms with Crippen LogP contribution in [0.3, 0.4) is 0 Å². The van der Waals surface area contributed by atoms with E-state index in [-0.39, 0.29) is 29.9 Å². The fourth-order valence-electron chi connectivity index (χ4n) is 3.20. The number of aliphatic imine (C=N–C) groups is 1. The van der Waals surface area contributed by atoms with Gasteiger partial charge < -0.3 is 20.3 Å². The van der Waals surface area contributed by atoms with Gasteiger partial charge in [0.1, 0.15) is 5.75 Å². The number of guanidine groups is 1. The number of likely N-dealkylation sites (tertiary alicyclic amines) is 1. The van der Waals surface area contributed by atoms with Crippen LogP contribution in [0.5, 0.6) is 5.75 Å². The van der Waals surface area contributed by atoms with E-state index >= 15 is 0 Å². The molecular formula is C20H33IN4O2. The number of ether oxygens (including phenoxy) is 1. The molecule has 1 fully saturated rings. The van der Waals surface area contributed by atoms with Crippen molar-refractivity contribution >= 4 is 35.8 Å². The molecule has 27 heavy (non-hydrogen) atoms. The maximum Gasteiger partial charge on any atom is 0.224 e. The van der Waals surface area contributed by atoms with Crippen molar-refractivity contribution < 1.29 is 9.53 Å². The summed E-state index contributed by atoms with van der Waals surface area (Å²) in [4.78, 5) is 18.5. The topological polar surface area (TPSA) is 66.0 Å². The van der Waals surface area contributed by atoms with Gasteiger partial charge in [0.05, 0.1) is 7.11 Å². The number of rotatable bonds is 7. The molecule has 0 bridgehead atoms. The molecule has 0 radical (unpaired) electrons. The summed E-state index contributed by atoms with van der Waals surface area (Å²) in [6.07, 6.45) is 3.75. The minimum atomic E-state index is 0. The number of hydrogen-bond acceptors (Lipinski definition) is 3. The van der Waals surface area contributed by atoms with Crippen molar-refractivity contribution in [2.45, 2.75) is 32.6 Å². The highest BCUT2D eigenvalue weighted by Crippen LogP contribution is 2.16. The van der Waals surface area contributed by atoms with E-state index in [2.05, 4.69) is 34.7 Å². The molecule has 1 aromatic carbocycles. The monoisotopic (exact) mass is 488 g/mol. The van der Waals surface area contributed by atoms with E-state index in [0.29, 0.717) is 18.9 Å². The largest absolute Gasteiger partial charge is 0.497 e.